The fraction of sp³-hybridized carbons (Fsp3) is 0.529. The van der Waals surface area contributed by atoms with Crippen molar-refractivity contribution in [2.75, 3.05) is 32.0 Å². The molecule has 2 aliphatic heterocycles. The number of benzene rings is 1. The summed E-state index contributed by atoms with van der Waals surface area (Å²) in [6, 6.07) is 5.31. The molecule has 1 aromatic carbocycles. The zero-order chi connectivity index (χ0) is 16.4. The van der Waals surface area contributed by atoms with E-state index in [0.717, 1.165) is 32.5 Å². The van der Waals surface area contributed by atoms with Crippen LogP contribution in [-0.4, -0.2) is 49.5 Å². The van der Waals surface area contributed by atoms with E-state index in [0.29, 0.717) is 22.9 Å². The summed E-state index contributed by atoms with van der Waals surface area (Å²) >= 11 is 0. The van der Waals surface area contributed by atoms with Crippen molar-refractivity contribution < 1.29 is 14.3 Å². The second-order valence-electron chi connectivity index (χ2n) is 6.25. The molecular formula is C17H23N3O3. The second-order valence-corrected chi connectivity index (χ2v) is 6.25. The van der Waals surface area contributed by atoms with Crippen molar-refractivity contribution in [3.05, 3.63) is 23.8 Å². The molecule has 0 aliphatic carbocycles. The van der Waals surface area contributed by atoms with Crippen LogP contribution in [0.15, 0.2) is 18.2 Å². The standard InChI is InChI=1S/C17H23N3O3/c1-11-16(21)19-14-7-3-6-13(15(14)23-11)17(22)20-8-4-5-12(10-20)9-18-2/h3,6-7,11-12,18H,4-5,8-10H2,1-2H3,(H,19,21). The van der Waals surface area contributed by atoms with Gasteiger partial charge in [0.2, 0.25) is 0 Å². The lowest BCUT2D eigenvalue weighted by Crippen LogP contribution is -2.43. The summed E-state index contributed by atoms with van der Waals surface area (Å²) in [5, 5.41) is 5.98. The number of likely N-dealkylation sites (tertiary alicyclic amines) is 1. The van der Waals surface area contributed by atoms with Gasteiger partial charge in [0.25, 0.3) is 11.8 Å². The number of hydrogen-bond acceptors (Lipinski definition) is 4. The predicted molar refractivity (Wildman–Crippen MR) is 87.7 cm³/mol. The largest absolute Gasteiger partial charge is 0.478 e. The van der Waals surface area contributed by atoms with Crippen molar-refractivity contribution in [3.63, 3.8) is 0 Å². The summed E-state index contributed by atoms with van der Waals surface area (Å²) < 4.78 is 5.69. The Morgan fingerprint density at radius 1 is 1.48 bits per heavy atom. The smallest absolute Gasteiger partial charge is 0.265 e. The molecule has 2 heterocycles. The zero-order valence-corrected chi connectivity index (χ0v) is 13.6. The quantitative estimate of drug-likeness (QED) is 0.886. The maximum absolute atomic E-state index is 12.9. The number of amides is 2. The number of piperidine rings is 1. The summed E-state index contributed by atoms with van der Waals surface area (Å²) in [7, 11) is 1.94. The second kappa shape index (κ2) is 6.58. The molecule has 3 rings (SSSR count). The highest BCUT2D eigenvalue weighted by Gasteiger charge is 2.31. The van der Waals surface area contributed by atoms with Gasteiger partial charge in [0, 0.05) is 13.1 Å². The molecule has 2 atom stereocenters. The highest BCUT2D eigenvalue weighted by atomic mass is 16.5. The first kappa shape index (κ1) is 15.8. The molecule has 1 aromatic rings. The Hall–Kier alpha value is -2.08. The van der Waals surface area contributed by atoms with Crippen LogP contribution < -0.4 is 15.4 Å². The SMILES string of the molecule is CNCC1CCCN(C(=O)c2cccc3c2OC(C)C(=O)N3)C1. The van der Waals surface area contributed by atoms with Crippen molar-refractivity contribution in [1.82, 2.24) is 10.2 Å². The van der Waals surface area contributed by atoms with Crippen LogP contribution in [0.25, 0.3) is 0 Å². The molecule has 23 heavy (non-hydrogen) atoms. The molecule has 6 nitrogen and oxygen atoms in total. The minimum Gasteiger partial charge on any atom is -0.478 e. The summed E-state index contributed by atoms with van der Waals surface area (Å²) in [5.74, 6) is 0.761. The normalized spacial score (nSPS) is 23.7. The van der Waals surface area contributed by atoms with Gasteiger partial charge in [-0.1, -0.05) is 6.07 Å². The number of carbonyl (C=O) groups is 2. The van der Waals surface area contributed by atoms with Crippen LogP contribution in [0.4, 0.5) is 5.69 Å². The van der Waals surface area contributed by atoms with Gasteiger partial charge in [-0.2, -0.15) is 0 Å². The van der Waals surface area contributed by atoms with Gasteiger partial charge < -0.3 is 20.3 Å². The number of para-hydroxylation sites is 1. The molecule has 0 bridgehead atoms. The number of ether oxygens (including phenoxy) is 1. The van der Waals surface area contributed by atoms with Crippen LogP contribution >= 0.6 is 0 Å². The fourth-order valence-electron chi connectivity index (χ4n) is 3.27. The van der Waals surface area contributed by atoms with E-state index in [9.17, 15) is 9.59 Å². The fourth-order valence-corrected chi connectivity index (χ4v) is 3.27. The molecule has 0 spiro atoms. The minimum atomic E-state index is -0.588. The molecule has 2 unspecified atom stereocenters. The Bertz CT molecular complexity index is 615. The van der Waals surface area contributed by atoms with Gasteiger partial charge in [-0.05, 0) is 51.4 Å². The van der Waals surface area contributed by atoms with E-state index < -0.39 is 6.10 Å². The van der Waals surface area contributed by atoms with Gasteiger partial charge in [0.1, 0.15) is 0 Å². The lowest BCUT2D eigenvalue weighted by atomic mass is 9.97. The number of nitrogens with zero attached hydrogens (tertiary/aromatic N) is 1. The van der Waals surface area contributed by atoms with Crippen molar-refractivity contribution in [1.29, 1.82) is 0 Å². The van der Waals surface area contributed by atoms with Gasteiger partial charge >= 0.3 is 0 Å². The Labute approximate surface area is 136 Å². The molecule has 2 amide bonds. The Morgan fingerprint density at radius 2 is 2.30 bits per heavy atom. The third-order valence-electron chi connectivity index (χ3n) is 4.47. The van der Waals surface area contributed by atoms with E-state index in [1.165, 1.54) is 0 Å². The van der Waals surface area contributed by atoms with E-state index in [4.69, 9.17) is 4.74 Å². The first-order chi connectivity index (χ1) is 11.1. The number of carbonyl (C=O) groups excluding carboxylic acids is 2. The van der Waals surface area contributed by atoms with Gasteiger partial charge in [0.15, 0.2) is 11.9 Å². The minimum absolute atomic E-state index is 0.0222. The summed E-state index contributed by atoms with van der Waals surface area (Å²) in [6.07, 6.45) is 1.57. The number of nitrogens with one attached hydrogen (secondary N) is 2. The Morgan fingerprint density at radius 3 is 3.09 bits per heavy atom. The van der Waals surface area contributed by atoms with Gasteiger partial charge in [-0.25, -0.2) is 0 Å². The molecule has 6 heteroatoms. The molecule has 1 saturated heterocycles. The molecular weight excluding hydrogens is 294 g/mol. The van der Waals surface area contributed by atoms with Crippen LogP contribution in [0.3, 0.4) is 0 Å². The van der Waals surface area contributed by atoms with E-state index in [-0.39, 0.29) is 11.8 Å². The first-order valence-electron chi connectivity index (χ1n) is 8.14. The maximum Gasteiger partial charge on any atom is 0.265 e. The van der Waals surface area contributed by atoms with E-state index in [1.54, 1.807) is 25.1 Å². The zero-order valence-electron chi connectivity index (χ0n) is 13.6. The number of rotatable bonds is 3. The Kier molecular flexibility index (Phi) is 4.52. The van der Waals surface area contributed by atoms with Crippen LogP contribution in [0.1, 0.15) is 30.1 Å². The first-order valence-corrected chi connectivity index (χ1v) is 8.14. The molecule has 1 fully saturated rings. The van der Waals surface area contributed by atoms with E-state index in [2.05, 4.69) is 10.6 Å². The lowest BCUT2D eigenvalue weighted by molar-refractivity contribution is -0.122. The maximum atomic E-state index is 12.9. The van der Waals surface area contributed by atoms with Crippen LogP contribution in [-0.2, 0) is 4.79 Å². The average Bonchev–Trinajstić information content (AvgIpc) is 2.55. The molecule has 124 valence electrons. The summed E-state index contributed by atoms with van der Waals surface area (Å²) in [6.45, 7) is 4.12. The number of fused-ring (bicyclic) bond motifs is 1. The molecule has 0 aromatic heterocycles. The predicted octanol–water partition coefficient (Wildman–Crippen LogP) is 1.48. The topological polar surface area (TPSA) is 70.7 Å². The van der Waals surface area contributed by atoms with Crippen molar-refractivity contribution in [2.24, 2.45) is 5.92 Å². The summed E-state index contributed by atoms with van der Waals surface area (Å²) in [5.41, 5.74) is 1.10. The van der Waals surface area contributed by atoms with Crippen molar-refractivity contribution in [3.8, 4) is 5.75 Å². The van der Waals surface area contributed by atoms with E-state index in [1.807, 2.05) is 11.9 Å². The van der Waals surface area contributed by atoms with Gasteiger partial charge in [0.05, 0.1) is 11.3 Å². The molecule has 0 saturated carbocycles. The molecule has 2 N–H and O–H groups in total. The number of anilines is 1. The lowest BCUT2D eigenvalue weighted by Gasteiger charge is -2.34. The Balaban J connectivity index is 1.83. The van der Waals surface area contributed by atoms with E-state index >= 15 is 0 Å². The van der Waals surface area contributed by atoms with Crippen molar-refractivity contribution >= 4 is 17.5 Å². The van der Waals surface area contributed by atoms with Gasteiger partial charge in [-0.15, -0.1) is 0 Å². The highest BCUT2D eigenvalue weighted by Crippen LogP contribution is 2.34. The van der Waals surface area contributed by atoms with Crippen LogP contribution in [0.2, 0.25) is 0 Å². The van der Waals surface area contributed by atoms with Crippen molar-refractivity contribution in [2.45, 2.75) is 25.9 Å². The number of hydrogen-bond donors (Lipinski definition) is 2. The average molecular weight is 317 g/mol. The van der Waals surface area contributed by atoms with Gasteiger partial charge in [-0.3, -0.25) is 9.59 Å². The highest BCUT2D eigenvalue weighted by molar-refractivity contribution is 6.04. The molecule has 2 aliphatic rings. The third kappa shape index (κ3) is 3.17. The van der Waals surface area contributed by atoms with Crippen LogP contribution in [0.5, 0.6) is 5.75 Å². The molecule has 0 radical (unpaired) electrons. The monoisotopic (exact) mass is 317 g/mol. The third-order valence-corrected chi connectivity index (χ3v) is 4.47. The van der Waals surface area contributed by atoms with Crippen LogP contribution in [0, 0.1) is 5.92 Å². The summed E-state index contributed by atoms with van der Waals surface area (Å²) in [4.78, 5) is 26.5.